The summed E-state index contributed by atoms with van der Waals surface area (Å²) >= 11 is 6.31. The Balaban J connectivity index is 2.94. The lowest BCUT2D eigenvalue weighted by atomic mass is 10.1. The smallest absolute Gasteiger partial charge is 0.148 e. The van der Waals surface area contributed by atoms with Gasteiger partial charge in [-0.1, -0.05) is 39.3 Å². The van der Waals surface area contributed by atoms with Gasteiger partial charge in [0.25, 0.3) is 0 Å². The molecule has 0 fully saturated rings. The Morgan fingerprint density at radius 1 is 1.20 bits per heavy atom. The molecule has 0 N–H and O–H groups in total. The highest BCUT2D eigenvalue weighted by Gasteiger charge is 2.15. The molecule has 4 heteroatoms. The van der Waals surface area contributed by atoms with Gasteiger partial charge in [0.2, 0.25) is 0 Å². The first-order chi connectivity index (χ1) is 9.45. The molecule has 1 heterocycles. The number of halogens is 1. The third-order valence-electron chi connectivity index (χ3n) is 3.24. The zero-order chi connectivity index (χ0) is 15.1. The Morgan fingerprint density at radius 2 is 1.75 bits per heavy atom. The number of anilines is 1. The molecule has 110 valence electrons. The normalized spacial score (nSPS) is 10.9. The molecule has 0 radical (unpaired) electrons. The van der Waals surface area contributed by atoms with Gasteiger partial charge in [-0.2, -0.15) is 5.26 Å². The molecule has 0 amide bonds. The summed E-state index contributed by atoms with van der Waals surface area (Å²) in [6.07, 6.45) is 3.84. The van der Waals surface area contributed by atoms with Gasteiger partial charge in [0.1, 0.15) is 16.9 Å². The fourth-order valence-corrected chi connectivity index (χ4v) is 2.16. The molecule has 1 aromatic rings. The van der Waals surface area contributed by atoms with Crippen LogP contribution >= 0.6 is 11.6 Å². The molecule has 0 aliphatic heterocycles. The second-order valence-electron chi connectivity index (χ2n) is 5.96. The van der Waals surface area contributed by atoms with Crippen LogP contribution in [0.3, 0.4) is 0 Å². The lowest BCUT2D eigenvalue weighted by Crippen LogP contribution is -2.28. The number of hydrogen-bond donors (Lipinski definition) is 0. The van der Waals surface area contributed by atoms with Crippen molar-refractivity contribution in [3.05, 3.63) is 22.8 Å². The average molecular weight is 294 g/mol. The molecule has 20 heavy (non-hydrogen) atoms. The predicted molar refractivity (Wildman–Crippen MR) is 85.1 cm³/mol. The van der Waals surface area contributed by atoms with Crippen molar-refractivity contribution < 1.29 is 0 Å². The summed E-state index contributed by atoms with van der Waals surface area (Å²) in [5.41, 5.74) is 0.496. The highest BCUT2D eigenvalue weighted by molar-refractivity contribution is 6.34. The SMILES string of the molecule is CC(C)CCN(CCC(C)C)c1nccc(C#N)c1Cl. The summed E-state index contributed by atoms with van der Waals surface area (Å²) in [7, 11) is 0. The summed E-state index contributed by atoms with van der Waals surface area (Å²) in [5, 5.41) is 9.55. The van der Waals surface area contributed by atoms with E-state index in [4.69, 9.17) is 16.9 Å². The molecular formula is C16H24ClN3. The first-order valence-corrected chi connectivity index (χ1v) is 7.63. The lowest BCUT2D eigenvalue weighted by molar-refractivity contribution is 0.533. The topological polar surface area (TPSA) is 39.9 Å². The van der Waals surface area contributed by atoms with E-state index in [0.717, 1.165) is 31.7 Å². The van der Waals surface area contributed by atoms with Crippen molar-refractivity contribution in [2.45, 2.75) is 40.5 Å². The van der Waals surface area contributed by atoms with Gasteiger partial charge in [-0.05, 0) is 30.7 Å². The summed E-state index contributed by atoms with van der Waals surface area (Å²) in [6.45, 7) is 10.7. The average Bonchev–Trinajstić information content (AvgIpc) is 2.39. The Morgan fingerprint density at radius 3 is 2.20 bits per heavy atom. The first-order valence-electron chi connectivity index (χ1n) is 7.25. The maximum atomic E-state index is 9.08. The van der Waals surface area contributed by atoms with E-state index in [0.29, 0.717) is 22.4 Å². The summed E-state index contributed by atoms with van der Waals surface area (Å²) in [4.78, 5) is 6.60. The molecule has 3 nitrogen and oxygen atoms in total. The van der Waals surface area contributed by atoms with Gasteiger partial charge < -0.3 is 4.90 Å². The summed E-state index contributed by atoms with van der Waals surface area (Å²) in [6, 6.07) is 3.78. The first kappa shape index (κ1) is 16.8. The van der Waals surface area contributed by atoms with Gasteiger partial charge in [-0.25, -0.2) is 4.98 Å². The molecule has 0 spiro atoms. The molecule has 0 saturated heterocycles. The van der Waals surface area contributed by atoms with Crippen LogP contribution in [0.4, 0.5) is 5.82 Å². The van der Waals surface area contributed by atoms with E-state index in [1.54, 1.807) is 12.3 Å². The van der Waals surface area contributed by atoms with Gasteiger partial charge in [0.05, 0.1) is 5.56 Å². The molecule has 0 unspecified atom stereocenters. The third kappa shape index (κ3) is 5.02. The number of hydrogen-bond acceptors (Lipinski definition) is 3. The summed E-state index contributed by atoms with van der Waals surface area (Å²) in [5.74, 6) is 2.01. The van der Waals surface area contributed by atoms with E-state index < -0.39 is 0 Å². The minimum absolute atomic E-state index is 0.475. The molecule has 0 atom stereocenters. The number of nitrogens with zero attached hydrogens (tertiary/aromatic N) is 3. The van der Waals surface area contributed by atoms with Gasteiger partial charge in [0.15, 0.2) is 0 Å². The van der Waals surface area contributed by atoms with Crippen molar-refractivity contribution in [2.75, 3.05) is 18.0 Å². The predicted octanol–water partition coefficient (Wildman–Crippen LogP) is 4.51. The summed E-state index contributed by atoms with van der Waals surface area (Å²) < 4.78 is 0. The van der Waals surface area contributed by atoms with Crippen LogP contribution in [-0.4, -0.2) is 18.1 Å². The Kier molecular flexibility index (Phi) is 6.81. The standard InChI is InChI=1S/C16H24ClN3/c1-12(2)6-9-20(10-7-13(3)4)16-15(17)14(11-18)5-8-19-16/h5,8,12-13H,6-7,9-10H2,1-4H3. The molecule has 1 rings (SSSR count). The van der Waals surface area contributed by atoms with E-state index in [-0.39, 0.29) is 0 Å². The van der Waals surface area contributed by atoms with Crippen LogP contribution in [0, 0.1) is 23.2 Å². The Labute approximate surface area is 127 Å². The quantitative estimate of drug-likeness (QED) is 0.743. The zero-order valence-corrected chi connectivity index (χ0v) is 13.6. The molecule has 0 aromatic carbocycles. The minimum atomic E-state index is 0.475. The highest BCUT2D eigenvalue weighted by atomic mass is 35.5. The van der Waals surface area contributed by atoms with Crippen LogP contribution in [0.25, 0.3) is 0 Å². The second-order valence-corrected chi connectivity index (χ2v) is 6.34. The monoisotopic (exact) mass is 293 g/mol. The van der Waals surface area contributed by atoms with Crippen LogP contribution in [0.2, 0.25) is 5.02 Å². The van der Waals surface area contributed by atoms with Crippen LogP contribution in [0.15, 0.2) is 12.3 Å². The zero-order valence-electron chi connectivity index (χ0n) is 12.9. The van der Waals surface area contributed by atoms with Crippen molar-refractivity contribution >= 4 is 17.4 Å². The van der Waals surface area contributed by atoms with Crippen LogP contribution < -0.4 is 4.90 Å². The molecule has 0 saturated carbocycles. The minimum Gasteiger partial charge on any atom is -0.355 e. The fraction of sp³-hybridized carbons (Fsp3) is 0.625. The van der Waals surface area contributed by atoms with E-state index in [2.05, 4.69) is 43.6 Å². The maximum Gasteiger partial charge on any atom is 0.148 e. The van der Waals surface area contributed by atoms with Gasteiger partial charge in [0, 0.05) is 19.3 Å². The molecule has 0 aliphatic carbocycles. The van der Waals surface area contributed by atoms with E-state index >= 15 is 0 Å². The molecule has 0 bridgehead atoms. The van der Waals surface area contributed by atoms with Crippen molar-refractivity contribution in [1.29, 1.82) is 5.26 Å². The fourth-order valence-electron chi connectivity index (χ4n) is 1.89. The van der Waals surface area contributed by atoms with Gasteiger partial charge >= 0.3 is 0 Å². The second kappa shape index (κ2) is 8.11. The number of rotatable bonds is 7. The van der Waals surface area contributed by atoms with E-state index in [1.165, 1.54) is 0 Å². The van der Waals surface area contributed by atoms with Crippen LogP contribution in [-0.2, 0) is 0 Å². The molecule has 0 aliphatic rings. The third-order valence-corrected chi connectivity index (χ3v) is 3.62. The van der Waals surface area contributed by atoms with Crippen LogP contribution in [0.1, 0.15) is 46.1 Å². The van der Waals surface area contributed by atoms with E-state index in [1.807, 2.05) is 0 Å². The molecule has 1 aromatic heterocycles. The van der Waals surface area contributed by atoms with Gasteiger partial charge in [-0.15, -0.1) is 0 Å². The molecular weight excluding hydrogens is 270 g/mol. The van der Waals surface area contributed by atoms with Crippen LogP contribution in [0.5, 0.6) is 0 Å². The highest BCUT2D eigenvalue weighted by Crippen LogP contribution is 2.27. The van der Waals surface area contributed by atoms with Crippen molar-refractivity contribution in [1.82, 2.24) is 4.98 Å². The number of nitriles is 1. The Hall–Kier alpha value is -1.27. The lowest BCUT2D eigenvalue weighted by Gasteiger charge is -2.26. The number of aromatic nitrogens is 1. The van der Waals surface area contributed by atoms with Crippen molar-refractivity contribution in [2.24, 2.45) is 11.8 Å². The largest absolute Gasteiger partial charge is 0.355 e. The number of pyridine rings is 1. The Bertz CT molecular complexity index is 451. The van der Waals surface area contributed by atoms with E-state index in [9.17, 15) is 0 Å². The van der Waals surface area contributed by atoms with Gasteiger partial charge in [-0.3, -0.25) is 0 Å². The van der Waals surface area contributed by atoms with Crippen molar-refractivity contribution in [3.63, 3.8) is 0 Å². The van der Waals surface area contributed by atoms with Crippen molar-refractivity contribution in [3.8, 4) is 6.07 Å². The maximum absolute atomic E-state index is 9.08.